The summed E-state index contributed by atoms with van der Waals surface area (Å²) in [6, 6.07) is 24.0. The van der Waals surface area contributed by atoms with Crippen LogP contribution in [0.2, 0.25) is 0 Å². The third-order valence-corrected chi connectivity index (χ3v) is 6.41. The van der Waals surface area contributed by atoms with Gasteiger partial charge in [0.15, 0.2) is 11.0 Å². The Bertz CT molecular complexity index is 1120. The first kappa shape index (κ1) is 22.7. The topological polar surface area (TPSA) is 63.9 Å². The van der Waals surface area contributed by atoms with Gasteiger partial charge in [-0.2, -0.15) is 0 Å². The molecule has 0 N–H and O–H groups in total. The fourth-order valence-corrected chi connectivity index (χ4v) is 4.66. The van der Waals surface area contributed by atoms with E-state index in [0.717, 1.165) is 27.7 Å². The van der Waals surface area contributed by atoms with Gasteiger partial charge in [-0.3, -0.25) is 9.78 Å². The van der Waals surface area contributed by atoms with Crippen molar-refractivity contribution in [1.29, 1.82) is 0 Å². The van der Waals surface area contributed by atoms with E-state index < -0.39 is 0 Å². The SMILES string of the molecule is CCn1c(SC(C)C(=O)N(Cc2ccccc2)Cc2ccccc2)nnc1-c1ccncc1. The van der Waals surface area contributed by atoms with Gasteiger partial charge in [-0.15, -0.1) is 10.2 Å². The van der Waals surface area contributed by atoms with Crippen LogP contribution in [0.4, 0.5) is 0 Å². The summed E-state index contributed by atoms with van der Waals surface area (Å²) in [5.41, 5.74) is 3.17. The molecule has 0 saturated carbocycles. The van der Waals surface area contributed by atoms with E-state index in [-0.39, 0.29) is 11.2 Å². The molecule has 33 heavy (non-hydrogen) atoms. The van der Waals surface area contributed by atoms with Crippen molar-refractivity contribution in [2.24, 2.45) is 0 Å². The third kappa shape index (κ3) is 5.68. The Hall–Kier alpha value is -3.45. The molecule has 168 valence electrons. The van der Waals surface area contributed by atoms with Crippen LogP contribution in [0.5, 0.6) is 0 Å². The van der Waals surface area contributed by atoms with Gasteiger partial charge >= 0.3 is 0 Å². The van der Waals surface area contributed by atoms with Crippen LogP contribution in [0.15, 0.2) is 90.3 Å². The molecule has 1 unspecified atom stereocenters. The molecule has 0 spiro atoms. The highest BCUT2D eigenvalue weighted by Gasteiger charge is 2.25. The fraction of sp³-hybridized carbons (Fsp3) is 0.231. The van der Waals surface area contributed by atoms with E-state index in [2.05, 4.69) is 46.4 Å². The Morgan fingerprint density at radius 1 is 0.909 bits per heavy atom. The second-order valence-electron chi connectivity index (χ2n) is 7.71. The molecule has 0 aliphatic rings. The molecule has 2 aromatic carbocycles. The van der Waals surface area contributed by atoms with Crippen LogP contribution in [0.1, 0.15) is 25.0 Å². The summed E-state index contributed by atoms with van der Waals surface area (Å²) < 4.78 is 2.04. The number of thioether (sulfide) groups is 1. The zero-order valence-electron chi connectivity index (χ0n) is 18.8. The Labute approximate surface area is 198 Å². The lowest BCUT2D eigenvalue weighted by Crippen LogP contribution is -2.35. The van der Waals surface area contributed by atoms with Gasteiger partial charge in [-0.05, 0) is 37.1 Å². The van der Waals surface area contributed by atoms with Crippen molar-refractivity contribution >= 4 is 17.7 Å². The molecule has 2 heterocycles. The lowest BCUT2D eigenvalue weighted by molar-refractivity contribution is -0.131. The molecule has 0 radical (unpaired) electrons. The Kier molecular flexibility index (Phi) is 7.52. The van der Waals surface area contributed by atoms with Gasteiger partial charge < -0.3 is 9.47 Å². The van der Waals surface area contributed by atoms with Gasteiger partial charge in [0.2, 0.25) is 5.91 Å². The van der Waals surface area contributed by atoms with Gasteiger partial charge in [0.25, 0.3) is 0 Å². The summed E-state index contributed by atoms with van der Waals surface area (Å²) in [6.07, 6.45) is 3.49. The first-order chi connectivity index (χ1) is 16.2. The van der Waals surface area contributed by atoms with E-state index in [9.17, 15) is 4.79 Å². The lowest BCUT2D eigenvalue weighted by Gasteiger charge is -2.26. The molecule has 2 aromatic heterocycles. The predicted octanol–water partition coefficient (Wildman–Crippen LogP) is 5.07. The molecule has 7 heteroatoms. The number of carbonyl (C=O) groups excluding carboxylic acids is 1. The summed E-state index contributed by atoms with van der Waals surface area (Å²) in [5, 5.41) is 9.22. The molecule has 0 saturated heterocycles. The van der Waals surface area contributed by atoms with Crippen LogP contribution in [0, 0.1) is 0 Å². The molecule has 4 aromatic rings. The van der Waals surface area contributed by atoms with Crippen LogP contribution in [0.25, 0.3) is 11.4 Å². The minimum absolute atomic E-state index is 0.0730. The Morgan fingerprint density at radius 3 is 2.03 bits per heavy atom. The van der Waals surface area contributed by atoms with Crippen molar-refractivity contribution in [2.75, 3.05) is 0 Å². The molecule has 1 atom stereocenters. The van der Waals surface area contributed by atoms with Crippen LogP contribution in [0.3, 0.4) is 0 Å². The fourth-order valence-electron chi connectivity index (χ4n) is 3.66. The van der Waals surface area contributed by atoms with E-state index in [0.29, 0.717) is 19.6 Å². The van der Waals surface area contributed by atoms with Crippen LogP contribution in [-0.2, 0) is 24.4 Å². The zero-order chi connectivity index (χ0) is 23.0. The van der Waals surface area contributed by atoms with Crippen molar-refractivity contribution in [3.8, 4) is 11.4 Å². The Balaban J connectivity index is 1.54. The second-order valence-corrected chi connectivity index (χ2v) is 9.02. The molecule has 6 nitrogen and oxygen atoms in total. The average Bonchev–Trinajstić information content (AvgIpc) is 3.27. The van der Waals surface area contributed by atoms with Crippen LogP contribution in [-0.4, -0.2) is 35.8 Å². The number of rotatable bonds is 9. The van der Waals surface area contributed by atoms with Crippen LogP contribution < -0.4 is 0 Å². The standard InChI is InChI=1S/C26H27N5OS/c1-3-31-24(23-14-16-27-17-15-23)28-29-26(31)33-20(2)25(32)30(18-21-10-6-4-7-11-21)19-22-12-8-5-9-13-22/h4-17,20H,3,18-19H2,1-2H3. The van der Waals surface area contributed by atoms with Crippen LogP contribution >= 0.6 is 11.8 Å². The summed E-state index contributed by atoms with van der Waals surface area (Å²) >= 11 is 1.45. The summed E-state index contributed by atoms with van der Waals surface area (Å²) in [6.45, 7) is 5.83. The lowest BCUT2D eigenvalue weighted by atomic mass is 10.1. The second kappa shape index (κ2) is 10.9. The number of aromatic nitrogens is 4. The minimum atomic E-state index is -0.308. The number of hydrogen-bond acceptors (Lipinski definition) is 5. The first-order valence-electron chi connectivity index (χ1n) is 11.0. The van der Waals surface area contributed by atoms with E-state index in [1.54, 1.807) is 12.4 Å². The van der Waals surface area contributed by atoms with E-state index in [1.807, 2.05) is 64.9 Å². The summed E-state index contributed by atoms with van der Waals surface area (Å²) in [7, 11) is 0. The third-order valence-electron chi connectivity index (χ3n) is 5.35. The zero-order valence-corrected chi connectivity index (χ0v) is 19.7. The normalized spacial score (nSPS) is 11.8. The Morgan fingerprint density at radius 2 is 1.48 bits per heavy atom. The predicted molar refractivity (Wildman–Crippen MR) is 131 cm³/mol. The van der Waals surface area contributed by atoms with Crippen molar-refractivity contribution in [1.82, 2.24) is 24.6 Å². The molecular weight excluding hydrogens is 430 g/mol. The molecule has 0 bridgehead atoms. The molecule has 0 aliphatic carbocycles. The maximum atomic E-state index is 13.6. The molecule has 0 fully saturated rings. The molecule has 4 rings (SSSR count). The molecule has 1 amide bonds. The van der Waals surface area contributed by atoms with Crippen molar-refractivity contribution in [2.45, 2.75) is 43.9 Å². The quantitative estimate of drug-likeness (QED) is 0.328. The van der Waals surface area contributed by atoms with E-state index >= 15 is 0 Å². The maximum absolute atomic E-state index is 13.6. The number of benzene rings is 2. The minimum Gasteiger partial charge on any atom is -0.333 e. The summed E-state index contributed by atoms with van der Waals surface area (Å²) in [4.78, 5) is 19.6. The highest BCUT2D eigenvalue weighted by Crippen LogP contribution is 2.28. The average molecular weight is 458 g/mol. The van der Waals surface area contributed by atoms with Gasteiger partial charge in [0, 0.05) is 37.6 Å². The number of pyridine rings is 1. The maximum Gasteiger partial charge on any atom is 0.236 e. The number of nitrogens with zero attached hydrogens (tertiary/aromatic N) is 5. The van der Waals surface area contributed by atoms with Gasteiger partial charge in [-0.1, -0.05) is 72.4 Å². The van der Waals surface area contributed by atoms with E-state index in [1.165, 1.54) is 11.8 Å². The van der Waals surface area contributed by atoms with Crippen molar-refractivity contribution in [3.05, 3.63) is 96.3 Å². The van der Waals surface area contributed by atoms with Crippen molar-refractivity contribution < 1.29 is 4.79 Å². The molecule has 0 aliphatic heterocycles. The van der Waals surface area contributed by atoms with Crippen molar-refractivity contribution in [3.63, 3.8) is 0 Å². The van der Waals surface area contributed by atoms with Gasteiger partial charge in [-0.25, -0.2) is 0 Å². The number of hydrogen-bond donors (Lipinski definition) is 0. The molecular formula is C26H27N5OS. The number of amides is 1. The smallest absolute Gasteiger partial charge is 0.236 e. The largest absolute Gasteiger partial charge is 0.333 e. The van der Waals surface area contributed by atoms with E-state index in [4.69, 9.17) is 0 Å². The van der Waals surface area contributed by atoms with Gasteiger partial charge in [0.05, 0.1) is 5.25 Å². The highest BCUT2D eigenvalue weighted by atomic mass is 32.2. The first-order valence-corrected chi connectivity index (χ1v) is 11.9. The highest BCUT2D eigenvalue weighted by molar-refractivity contribution is 8.00. The van der Waals surface area contributed by atoms with Gasteiger partial charge in [0.1, 0.15) is 0 Å². The number of carbonyl (C=O) groups is 1. The summed E-state index contributed by atoms with van der Waals surface area (Å²) in [5.74, 6) is 0.858. The monoisotopic (exact) mass is 457 g/mol.